The van der Waals surface area contributed by atoms with Crippen LogP contribution in [0.4, 0.5) is 0 Å². The zero-order valence-electron chi connectivity index (χ0n) is 15.4. The van der Waals surface area contributed by atoms with Gasteiger partial charge in [-0.15, -0.1) is 0 Å². The molecule has 0 spiro atoms. The Morgan fingerprint density at radius 3 is 2.38 bits per heavy atom. The molecular formula is C21H25N3O2. The summed E-state index contributed by atoms with van der Waals surface area (Å²) in [6.45, 7) is 5.41. The van der Waals surface area contributed by atoms with Gasteiger partial charge in [-0.3, -0.25) is 9.59 Å². The number of nitrogens with zero attached hydrogens (tertiary/aromatic N) is 3. The Hall–Kier alpha value is -2.43. The molecule has 1 amide bonds. The number of carbonyl (C=O) groups is 1. The molecule has 2 aromatic rings. The molecule has 0 N–H and O–H groups in total. The summed E-state index contributed by atoms with van der Waals surface area (Å²) in [5.74, 6) is 0.617. The number of rotatable bonds is 3. The summed E-state index contributed by atoms with van der Waals surface area (Å²) >= 11 is 0. The highest BCUT2D eigenvalue weighted by molar-refractivity contribution is 5.94. The number of aryl methyl sites for hydroxylation is 2. The summed E-state index contributed by atoms with van der Waals surface area (Å²) in [6, 6.07) is 9.48. The minimum absolute atomic E-state index is 0.0339. The van der Waals surface area contributed by atoms with Gasteiger partial charge >= 0.3 is 0 Å². The van der Waals surface area contributed by atoms with Gasteiger partial charge in [-0.25, -0.2) is 4.68 Å². The number of hydrogen-bond acceptors (Lipinski definition) is 3. The van der Waals surface area contributed by atoms with Gasteiger partial charge in [-0.1, -0.05) is 6.07 Å². The van der Waals surface area contributed by atoms with Crippen LogP contribution in [0, 0.1) is 13.8 Å². The first-order valence-corrected chi connectivity index (χ1v) is 9.49. The molecule has 2 aliphatic rings. The third-order valence-corrected chi connectivity index (χ3v) is 5.69. The Morgan fingerprint density at radius 1 is 1.00 bits per heavy atom. The number of likely N-dealkylation sites (tertiary alicyclic amines) is 1. The van der Waals surface area contributed by atoms with Crippen LogP contribution in [-0.2, 0) is 0 Å². The topological polar surface area (TPSA) is 55.2 Å². The molecule has 5 heteroatoms. The summed E-state index contributed by atoms with van der Waals surface area (Å²) in [5.41, 5.74) is 4.09. The fourth-order valence-corrected chi connectivity index (χ4v) is 3.67. The van der Waals surface area contributed by atoms with E-state index < -0.39 is 0 Å². The van der Waals surface area contributed by atoms with Crippen LogP contribution >= 0.6 is 0 Å². The Kier molecular flexibility index (Phi) is 4.39. The van der Waals surface area contributed by atoms with Crippen molar-refractivity contribution >= 4 is 5.91 Å². The van der Waals surface area contributed by atoms with Gasteiger partial charge in [0.25, 0.3) is 11.5 Å². The maximum atomic E-state index is 12.8. The fourth-order valence-electron chi connectivity index (χ4n) is 3.67. The van der Waals surface area contributed by atoms with Gasteiger partial charge in [0.1, 0.15) is 0 Å². The standard InChI is InChI=1S/C21H25N3O2/c1-14-3-4-17(13-15(14)2)21(26)23-11-9-18(10-12-23)24-20(25)8-7-19(22-24)16-5-6-16/h3-4,7-8,13,16,18H,5-6,9-12H2,1-2H3. The lowest BCUT2D eigenvalue weighted by Crippen LogP contribution is -2.41. The van der Waals surface area contributed by atoms with Crippen molar-refractivity contribution < 1.29 is 4.79 Å². The first-order chi connectivity index (χ1) is 12.5. The third kappa shape index (κ3) is 3.30. The summed E-state index contributed by atoms with van der Waals surface area (Å²) < 4.78 is 1.66. The molecule has 136 valence electrons. The van der Waals surface area contributed by atoms with Crippen molar-refractivity contribution in [3.8, 4) is 0 Å². The van der Waals surface area contributed by atoms with Crippen molar-refractivity contribution in [3.63, 3.8) is 0 Å². The number of aromatic nitrogens is 2. The molecule has 1 saturated carbocycles. The van der Waals surface area contributed by atoms with E-state index in [0.717, 1.165) is 29.7 Å². The van der Waals surface area contributed by atoms with Gasteiger partial charge in [0.2, 0.25) is 0 Å². The van der Waals surface area contributed by atoms with E-state index in [9.17, 15) is 9.59 Å². The van der Waals surface area contributed by atoms with E-state index >= 15 is 0 Å². The van der Waals surface area contributed by atoms with Crippen LogP contribution in [-0.4, -0.2) is 33.7 Å². The molecule has 0 unspecified atom stereocenters. The van der Waals surface area contributed by atoms with Gasteiger partial charge in [-0.05, 0) is 68.9 Å². The van der Waals surface area contributed by atoms with E-state index in [4.69, 9.17) is 0 Å². The molecule has 0 radical (unpaired) electrons. The average molecular weight is 351 g/mol. The Labute approximate surface area is 153 Å². The van der Waals surface area contributed by atoms with Crippen LogP contribution in [0.2, 0.25) is 0 Å². The lowest BCUT2D eigenvalue weighted by molar-refractivity contribution is 0.0687. The number of hydrogen-bond donors (Lipinski definition) is 0. The van der Waals surface area contributed by atoms with E-state index in [2.05, 4.69) is 12.0 Å². The molecule has 2 heterocycles. The average Bonchev–Trinajstić information content (AvgIpc) is 3.49. The van der Waals surface area contributed by atoms with Crippen LogP contribution in [0.1, 0.15) is 64.8 Å². The number of benzene rings is 1. The second-order valence-corrected chi connectivity index (χ2v) is 7.64. The van der Waals surface area contributed by atoms with Crippen molar-refractivity contribution in [2.45, 2.75) is 51.5 Å². The van der Waals surface area contributed by atoms with Gasteiger partial charge in [0.05, 0.1) is 11.7 Å². The fraction of sp³-hybridized carbons (Fsp3) is 0.476. The third-order valence-electron chi connectivity index (χ3n) is 5.69. The SMILES string of the molecule is Cc1ccc(C(=O)N2CCC(n3nc(C4CC4)ccc3=O)CC2)cc1C. The highest BCUT2D eigenvalue weighted by Crippen LogP contribution is 2.38. The maximum Gasteiger partial charge on any atom is 0.267 e. The van der Waals surface area contributed by atoms with Gasteiger partial charge < -0.3 is 4.90 Å². The van der Waals surface area contributed by atoms with Crippen LogP contribution in [0.25, 0.3) is 0 Å². The largest absolute Gasteiger partial charge is 0.338 e. The van der Waals surface area contributed by atoms with Crippen LogP contribution in [0.3, 0.4) is 0 Å². The zero-order valence-corrected chi connectivity index (χ0v) is 15.4. The highest BCUT2D eigenvalue weighted by Gasteiger charge is 2.29. The van der Waals surface area contributed by atoms with Crippen molar-refractivity contribution in [2.24, 2.45) is 0 Å². The van der Waals surface area contributed by atoms with E-state index in [1.54, 1.807) is 10.7 Å². The van der Waals surface area contributed by atoms with Crippen molar-refractivity contribution in [2.75, 3.05) is 13.1 Å². The first kappa shape index (κ1) is 17.0. The molecular weight excluding hydrogens is 326 g/mol. The second kappa shape index (κ2) is 6.71. The summed E-state index contributed by atoms with van der Waals surface area (Å²) in [5, 5.41) is 4.61. The monoisotopic (exact) mass is 351 g/mol. The molecule has 5 nitrogen and oxygen atoms in total. The van der Waals surface area contributed by atoms with Crippen LogP contribution < -0.4 is 5.56 Å². The molecule has 2 fully saturated rings. The maximum absolute atomic E-state index is 12.8. The van der Waals surface area contributed by atoms with Gasteiger partial charge in [-0.2, -0.15) is 5.10 Å². The Morgan fingerprint density at radius 2 is 1.73 bits per heavy atom. The number of piperidine rings is 1. The predicted molar refractivity (Wildman–Crippen MR) is 101 cm³/mol. The predicted octanol–water partition coefficient (Wildman–Crippen LogP) is 3.21. The molecule has 1 aliphatic carbocycles. The molecule has 1 aromatic carbocycles. The molecule has 1 saturated heterocycles. The molecule has 0 bridgehead atoms. The molecule has 26 heavy (non-hydrogen) atoms. The summed E-state index contributed by atoms with van der Waals surface area (Å²) in [7, 11) is 0. The molecule has 1 aromatic heterocycles. The van der Waals surface area contributed by atoms with E-state index in [0.29, 0.717) is 19.0 Å². The zero-order chi connectivity index (χ0) is 18.3. The molecule has 0 atom stereocenters. The van der Waals surface area contributed by atoms with Gasteiger partial charge in [0.15, 0.2) is 0 Å². The smallest absolute Gasteiger partial charge is 0.267 e. The Bertz CT molecular complexity index is 890. The van der Waals surface area contributed by atoms with E-state index in [-0.39, 0.29) is 17.5 Å². The Balaban J connectivity index is 1.45. The lowest BCUT2D eigenvalue weighted by atomic mass is 10.0. The lowest BCUT2D eigenvalue weighted by Gasteiger charge is -2.32. The quantitative estimate of drug-likeness (QED) is 0.853. The normalized spacial score (nSPS) is 18.2. The summed E-state index contributed by atoms with van der Waals surface area (Å²) in [6.07, 6.45) is 3.90. The summed E-state index contributed by atoms with van der Waals surface area (Å²) in [4.78, 5) is 26.9. The van der Waals surface area contributed by atoms with Crippen LogP contribution in [0.15, 0.2) is 35.1 Å². The minimum atomic E-state index is -0.0339. The highest BCUT2D eigenvalue weighted by atomic mass is 16.2. The number of carbonyl (C=O) groups excluding carboxylic acids is 1. The van der Waals surface area contributed by atoms with Crippen molar-refractivity contribution in [3.05, 3.63) is 63.1 Å². The van der Waals surface area contributed by atoms with Crippen molar-refractivity contribution in [1.82, 2.24) is 14.7 Å². The minimum Gasteiger partial charge on any atom is -0.338 e. The first-order valence-electron chi connectivity index (χ1n) is 9.49. The molecule has 1 aliphatic heterocycles. The molecule has 4 rings (SSSR count). The van der Waals surface area contributed by atoms with Crippen molar-refractivity contribution in [1.29, 1.82) is 0 Å². The van der Waals surface area contributed by atoms with Crippen LogP contribution in [0.5, 0.6) is 0 Å². The van der Waals surface area contributed by atoms with Gasteiger partial charge in [0, 0.05) is 30.6 Å². The van der Waals surface area contributed by atoms with E-state index in [1.165, 1.54) is 18.4 Å². The van der Waals surface area contributed by atoms with E-state index in [1.807, 2.05) is 36.1 Å². The second-order valence-electron chi connectivity index (χ2n) is 7.64. The number of amides is 1.